The van der Waals surface area contributed by atoms with E-state index in [1.54, 1.807) is 0 Å². The van der Waals surface area contributed by atoms with E-state index in [4.69, 9.17) is 5.73 Å². The van der Waals surface area contributed by atoms with Crippen molar-refractivity contribution < 1.29 is 4.79 Å². The molecule has 19 heavy (non-hydrogen) atoms. The molecule has 0 bridgehead atoms. The maximum Gasteiger partial charge on any atom is 0.224 e. The van der Waals surface area contributed by atoms with Gasteiger partial charge in [0, 0.05) is 23.0 Å². The number of nitrogen functional groups attached to an aromatic ring is 1. The van der Waals surface area contributed by atoms with Gasteiger partial charge in [-0.3, -0.25) is 4.79 Å². The van der Waals surface area contributed by atoms with Gasteiger partial charge in [-0.2, -0.15) is 11.8 Å². The standard InChI is InChI=1S/C15H24N2OS/c1-4-11(2)19-10-6-9-15(18)17-14-8-5-7-13(16)12(14)3/h5,7-8,11H,4,6,9-10,16H2,1-3H3,(H,17,18). The molecular weight excluding hydrogens is 256 g/mol. The van der Waals surface area contributed by atoms with Gasteiger partial charge in [-0.25, -0.2) is 0 Å². The second kappa shape index (κ2) is 8.10. The predicted molar refractivity (Wildman–Crippen MR) is 85.7 cm³/mol. The summed E-state index contributed by atoms with van der Waals surface area (Å²) >= 11 is 1.93. The Labute approximate surface area is 120 Å². The molecule has 0 aromatic heterocycles. The normalized spacial score (nSPS) is 12.2. The molecule has 1 unspecified atom stereocenters. The fraction of sp³-hybridized carbons (Fsp3) is 0.533. The van der Waals surface area contributed by atoms with Gasteiger partial charge in [0.15, 0.2) is 0 Å². The molecule has 0 heterocycles. The van der Waals surface area contributed by atoms with Crippen LogP contribution in [-0.4, -0.2) is 16.9 Å². The number of nitrogens with one attached hydrogen (secondary N) is 1. The fourth-order valence-electron chi connectivity index (χ4n) is 1.64. The first-order valence-corrected chi connectivity index (χ1v) is 7.86. The monoisotopic (exact) mass is 280 g/mol. The topological polar surface area (TPSA) is 55.1 Å². The van der Waals surface area contributed by atoms with Crippen molar-refractivity contribution in [2.75, 3.05) is 16.8 Å². The van der Waals surface area contributed by atoms with Gasteiger partial charge >= 0.3 is 0 Å². The largest absolute Gasteiger partial charge is 0.398 e. The van der Waals surface area contributed by atoms with Crippen LogP contribution in [0, 0.1) is 6.92 Å². The fourth-order valence-corrected chi connectivity index (χ4v) is 2.59. The predicted octanol–water partition coefficient (Wildman–Crippen LogP) is 3.83. The molecule has 106 valence electrons. The Hall–Kier alpha value is -1.16. The summed E-state index contributed by atoms with van der Waals surface area (Å²) in [6.07, 6.45) is 2.67. The molecule has 4 heteroatoms. The Balaban J connectivity index is 2.33. The molecule has 3 N–H and O–H groups in total. The molecule has 1 atom stereocenters. The number of hydrogen-bond acceptors (Lipinski definition) is 3. The van der Waals surface area contributed by atoms with Crippen molar-refractivity contribution in [3.63, 3.8) is 0 Å². The van der Waals surface area contributed by atoms with E-state index in [2.05, 4.69) is 19.2 Å². The molecular formula is C15H24N2OS. The maximum absolute atomic E-state index is 11.8. The highest BCUT2D eigenvalue weighted by Gasteiger charge is 2.06. The van der Waals surface area contributed by atoms with Crippen molar-refractivity contribution in [2.45, 2.75) is 45.3 Å². The van der Waals surface area contributed by atoms with E-state index in [1.807, 2.05) is 36.9 Å². The molecule has 3 nitrogen and oxygen atoms in total. The van der Waals surface area contributed by atoms with Crippen molar-refractivity contribution in [1.82, 2.24) is 0 Å². The first kappa shape index (κ1) is 15.9. The molecule has 1 aromatic rings. The number of benzene rings is 1. The van der Waals surface area contributed by atoms with E-state index in [0.29, 0.717) is 17.4 Å². The van der Waals surface area contributed by atoms with Crippen LogP contribution in [0.2, 0.25) is 0 Å². The minimum Gasteiger partial charge on any atom is -0.398 e. The van der Waals surface area contributed by atoms with Gasteiger partial charge in [-0.1, -0.05) is 19.9 Å². The average molecular weight is 280 g/mol. The molecule has 1 amide bonds. The van der Waals surface area contributed by atoms with E-state index < -0.39 is 0 Å². The Bertz CT molecular complexity index is 421. The van der Waals surface area contributed by atoms with E-state index in [0.717, 1.165) is 23.4 Å². The molecule has 0 radical (unpaired) electrons. The highest BCUT2D eigenvalue weighted by molar-refractivity contribution is 7.99. The number of nitrogens with two attached hydrogens (primary N) is 1. The lowest BCUT2D eigenvalue weighted by Gasteiger charge is -2.10. The summed E-state index contributed by atoms with van der Waals surface area (Å²) in [5.74, 6) is 1.11. The number of anilines is 2. The minimum absolute atomic E-state index is 0.0680. The molecule has 0 aliphatic carbocycles. The molecule has 1 aromatic carbocycles. The van der Waals surface area contributed by atoms with E-state index in [1.165, 1.54) is 6.42 Å². The minimum atomic E-state index is 0.0680. The molecule has 0 saturated carbocycles. The lowest BCUT2D eigenvalue weighted by molar-refractivity contribution is -0.116. The highest BCUT2D eigenvalue weighted by atomic mass is 32.2. The summed E-state index contributed by atoms with van der Waals surface area (Å²) in [4.78, 5) is 11.8. The van der Waals surface area contributed by atoms with Crippen molar-refractivity contribution in [3.8, 4) is 0 Å². The third-order valence-electron chi connectivity index (χ3n) is 3.18. The Morgan fingerprint density at radius 1 is 1.47 bits per heavy atom. The number of carbonyl (C=O) groups is 1. The van der Waals surface area contributed by atoms with Crippen molar-refractivity contribution in [2.24, 2.45) is 0 Å². The molecule has 1 rings (SSSR count). The van der Waals surface area contributed by atoms with Gasteiger partial charge in [-0.15, -0.1) is 0 Å². The number of thioether (sulfide) groups is 1. The van der Waals surface area contributed by atoms with Gasteiger partial charge < -0.3 is 11.1 Å². The second-order valence-electron chi connectivity index (χ2n) is 4.76. The van der Waals surface area contributed by atoms with Gasteiger partial charge in [0.2, 0.25) is 5.91 Å². The van der Waals surface area contributed by atoms with Crippen LogP contribution in [0.15, 0.2) is 18.2 Å². The van der Waals surface area contributed by atoms with Crippen molar-refractivity contribution in [1.29, 1.82) is 0 Å². The number of carbonyl (C=O) groups excluding carboxylic acids is 1. The number of amides is 1. The maximum atomic E-state index is 11.8. The Morgan fingerprint density at radius 3 is 2.89 bits per heavy atom. The Kier molecular flexibility index (Phi) is 6.78. The average Bonchev–Trinajstić information content (AvgIpc) is 2.39. The van der Waals surface area contributed by atoms with E-state index >= 15 is 0 Å². The zero-order chi connectivity index (χ0) is 14.3. The van der Waals surface area contributed by atoms with Crippen LogP contribution < -0.4 is 11.1 Å². The van der Waals surface area contributed by atoms with Gasteiger partial charge in [0.05, 0.1) is 0 Å². The molecule has 0 aliphatic rings. The van der Waals surface area contributed by atoms with E-state index in [-0.39, 0.29) is 5.91 Å². The Morgan fingerprint density at radius 2 is 2.21 bits per heavy atom. The zero-order valence-electron chi connectivity index (χ0n) is 12.0. The molecule has 0 spiro atoms. The summed E-state index contributed by atoms with van der Waals surface area (Å²) < 4.78 is 0. The third-order valence-corrected chi connectivity index (χ3v) is 4.60. The zero-order valence-corrected chi connectivity index (χ0v) is 12.8. The summed E-state index contributed by atoms with van der Waals surface area (Å²) in [5.41, 5.74) is 8.28. The molecule has 0 fully saturated rings. The van der Waals surface area contributed by atoms with Crippen molar-refractivity contribution >= 4 is 29.0 Å². The lowest BCUT2D eigenvalue weighted by atomic mass is 10.1. The van der Waals surface area contributed by atoms with Gasteiger partial charge in [0.1, 0.15) is 0 Å². The van der Waals surface area contributed by atoms with Crippen LogP contribution in [0.4, 0.5) is 11.4 Å². The first-order chi connectivity index (χ1) is 9.04. The second-order valence-corrected chi connectivity index (χ2v) is 6.31. The SMILES string of the molecule is CCC(C)SCCCC(=O)Nc1cccc(N)c1C. The molecule has 0 saturated heterocycles. The lowest BCUT2D eigenvalue weighted by Crippen LogP contribution is -2.13. The van der Waals surface area contributed by atoms with Crippen LogP contribution in [0.25, 0.3) is 0 Å². The number of hydrogen-bond donors (Lipinski definition) is 2. The smallest absolute Gasteiger partial charge is 0.224 e. The summed E-state index contributed by atoms with van der Waals surface area (Å²) in [7, 11) is 0. The van der Waals surface area contributed by atoms with Gasteiger partial charge in [0.25, 0.3) is 0 Å². The van der Waals surface area contributed by atoms with Crippen LogP contribution >= 0.6 is 11.8 Å². The van der Waals surface area contributed by atoms with E-state index in [9.17, 15) is 4.79 Å². The quantitative estimate of drug-likeness (QED) is 0.589. The summed E-state index contributed by atoms with van der Waals surface area (Å²) in [5, 5.41) is 3.60. The number of rotatable bonds is 7. The van der Waals surface area contributed by atoms with Crippen LogP contribution in [0.1, 0.15) is 38.7 Å². The highest BCUT2D eigenvalue weighted by Crippen LogP contribution is 2.21. The van der Waals surface area contributed by atoms with Crippen LogP contribution in [0.5, 0.6) is 0 Å². The van der Waals surface area contributed by atoms with Crippen LogP contribution in [-0.2, 0) is 4.79 Å². The third kappa shape index (κ3) is 5.55. The summed E-state index contributed by atoms with van der Waals surface area (Å²) in [6.45, 7) is 6.33. The first-order valence-electron chi connectivity index (χ1n) is 6.81. The van der Waals surface area contributed by atoms with Gasteiger partial charge in [-0.05, 0) is 43.2 Å². The van der Waals surface area contributed by atoms with Crippen LogP contribution in [0.3, 0.4) is 0 Å². The molecule has 0 aliphatic heterocycles. The summed E-state index contributed by atoms with van der Waals surface area (Å²) in [6, 6.07) is 5.59. The van der Waals surface area contributed by atoms with Crippen molar-refractivity contribution in [3.05, 3.63) is 23.8 Å².